The Bertz CT molecular complexity index is 510. The average Bonchev–Trinajstić information content (AvgIpc) is 2.84. The third kappa shape index (κ3) is 1.46. The van der Waals surface area contributed by atoms with Gasteiger partial charge in [-0.05, 0) is 75.5 Å². The number of nitrogens with two attached hydrogens (primary N) is 1. The molecule has 5 aliphatic carbocycles. The molecule has 0 aliphatic heterocycles. The summed E-state index contributed by atoms with van der Waals surface area (Å²) in [5, 5.41) is 4.39. The molecular weight excluding hydrogens is 250 g/mol. The molecule has 4 nitrogen and oxygen atoms in total. The van der Waals surface area contributed by atoms with Crippen LogP contribution in [-0.2, 0) is 11.0 Å². The number of nitrogens with zero attached hydrogens (tertiary/aromatic N) is 2. The van der Waals surface area contributed by atoms with Crippen molar-refractivity contribution in [3.8, 4) is 0 Å². The van der Waals surface area contributed by atoms with Crippen LogP contribution < -0.4 is 5.73 Å². The molecule has 108 valence electrons. The molecule has 0 unspecified atom stereocenters. The molecule has 2 N–H and O–H groups in total. The molecule has 0 saturated heterocycles. The van der Waals surface area contributed by atoms with Crippen molar-refractivity contribution < 1.29 is 4.52 Å². The summed E-state index contributed by atoms with van der Waals surface area (Å²) >= 11 is 0. The van der Waals surface area contributed by atoms with E-state index in [4.69, 9.17) is 15.2 Å². The number of hydrogen-bond donors (Lipinski definition) is 1. The van der Waals surface area contributed by atoms with Crippen LogP contribution in [0.1, 0.15) is 69.5 Å². The summed E-state index contributed by atoms with van der Waals surface area (Å²) in [5.74, 6) is 4.44. The van der Waals surface area contributed by atoms with Crippen molar-refractivity contribution in [2.45, 2.75) is 68.7 Å². The van der Waals surface area contributed by atoms with Crippen molar-refractivity contribution in [1.82, 2.24) is 10.1 Å². The van der Waals surface area contributed by atoms with Crippen LogP contribution in [0, 0.1) is 17.8 Å². The second-order valence-electron chi connectivity index (χ2n) is 8.13. The van der Waals surface area contributed by atoms with Crippen molar-refractivity contribution in [2.24, 2.45) is 23.5 Å². The zero-order valence-electron chi connectivity index (χ0n) is 12.0. The standard InChI is InChI=1S/C16H23N3O/c17-16(2-1-3-16)14-18-13(19-20-14)15-7-10-4-11(8-15)6-12(5-10)9-15/h10-12H,1-9,17H2. The molecule has 0 radical (unpaired) electrons. The van der Waals surface area contributed by atoms with Gasteiger partial charge in [0.05, 0.1) is 5.54 Å². The van der Waals surface area contributed by atoms with Gasteiger partial charge in [0.2, 0.25) is 5.89 Å². The fourth-order valence-electron chi connectivity index (χ4n) is 5.80. The number of hydrogen-bond acceptors (Lipinski definition) is 4. The van der Waals surface area contributed by atoms with E-state index in [0.717, 1.165) is 36.4 Å². The van der Waals surface area contributed by atoms with Crippen LogP contribution >= 0.6 is 0 Å². The van der Waals surface area contributed by atoms with Gasteiger partial charge in [-0.1, -0.05) is 5.16 Å². The van der Waals surface area contributed by atoms with Crippen LogP contribution in [0.4, 0.5) is 0 Å². The van der Waals surface area contributed by atoms with Crippen LogP contribution in [0.15, 0.2) is 4.52 Å². The lowest BCUT2D eigenvalue weighted by atomic mass is 9.49. The molecule has 1 aromatic heterocycles. The summed E-state index contributed by atoms with van der Waals surface area (Å²) in [6.45, 7) is 0. The molecule has 1 heterocycles. The Morgan fingerprint density at radius 2 is 1.60 bits per heavy atom. The second-order valence-corrected chi connectivity index (χ2v) is 8.13. The molecule has 5 aliphatic rings. The highest BCUT2D eigenvalue weighted by molar-refractivity contribution is 5.18. The Kier molecular flexibility index (Phi) is 2.14. The molecule has 5 saturated carbocycles. The highest BCUT2D eigenvalue weighted by atomic mass is 16.5. The lowest BCUT2D eigenvalue weighted by Gasteiger charge is -2.55. The molecule has 0 amide bonds. The summed E-state index contributed by atoms with van der Waals surface area (Å²) in [6.07, 6.45) is 11.4. The maximum atomic E-state index is 6.33. The second kappa shape index (κ2) is 3.65. The van der Waals surface area contributed by atoms with Gasteiger partial charge in [-0.2, -0.15) is 4.98 Å². The van der Waals surface area contributed by atoms with Crippen LogP contribution in [-0.4, -0.2) is 10.1 Å². The molecule has 6 rings (SSSR count). The van der Waals surface area contributed by atoms with Crippen LogP contribution in [0.5, 0.6) is 0 Å². The molecule has 4 bridgehead atoms. The topological polar surface area (TPSA) is 64.9 Å². The van der Waals surface area contributed by atoms with Crippen molar-refractivity contribution in [2.75, 3.05) is 0 Å². The van der Waals surface area contributed by atoms with Gasteiger partial charge in [0.25, 0.3) is 0 Å². The van der Waals surface area contributed by atoms with Crippen LogP contribution in [0.25, 0.3) is 0 Å². The van der Waals surface area contributed by atoms with E-state index < -0.39 is 0 Å². The predicted octanol–water partition coefficient (Wildman–Crippen LogP) is 2.88. The first-order chi connectivity index (χ1) is 9.65. The lowest BCUT2D eigenvalue weighted by molar-refractivity contribution is -0.0103. The van der Waals surface area contributed by atoms with E-state index in [1.54, 1.807) is 0 Å². The highest BCUT2D eigenvalue weighted by Crippen LogP contribution is 2.60. The Morgan fingerprint density at radius 1 is 1.00 bits per heavy atom. The van der Waals surface area contributed by atoms with Crippen molar-refractivity contribution in [3.63, 3.8) is 0 Å². The molecule has 0 spiro atoms. The van der Waals surface area contributed by atoms with E-state index in [2.05, 4.69) is 5.16 Å². The fraction of sp³-hybridized carbons (Fsp3) is 0.875. The third-order valence-corrected chi connectivity index (χ3v) is 6.61. The summed E-state index contributed by atoms with van der Waals surface area (Å²) in [4.78, 5) is 4.79. The van der Waals surface area contributed by atoms with Gasteiger partial charge in [-0.3, -0.25) is 0 Å². The summed E-state index contributed by atoms with van der Waals surface area (Å²) in [5.41, 5.74) is 6.25. The monoisotopic (exact) mass is 273 g/mol. The molecule has 4 heteroatoms. The van der Waals surface area contributed by atoms with E-state index in [-0.39, 0.29) is 11.0 Å². The molecule has 5 fully saturated rings. The third-order valence-electron chi connectivity index (χ3n) is 6.61. The van der Waals surface area contributed by atoms with E-state index in [9.17, 15) is 0 Å². The maximum Gasteiger partial charge on any atom is 0.246 e. The summed E-state index contributed by atoms with van der Waals surface area (Å²) in [6, 6.07) is 0. The van der Waals surface area contributed by atoms with E-state index in [0.29, 0.717) is 5.89 Å². The van der Waals surface area contributed by atoms with Gasteiger partial charge in [0.15, 0.2) is 5.82 Å². The minimum absolute atomic E-state index is 0.233. The number of rotatable bonds is 2. The van der Waals surface area contributed by atoms with Crippen LogP contribution in [0.2, 0.25) is 0 Å². The van der Waals surface area contributed by atoms with Gasteiger partial charge in [0, 0.05) is 5.41 Å². The summed E-state index contributed by atoms with van der Waals surface area (Å²) < 4.78 is 5.57. The Morgan fingerprint density at radius 3 is 2.10 bits per heavy atom. The predicted molar refractivity (Wildman–Crippen MR) is 73.9 cm³/mol. The van der Waals surface area contributed by atoms with Gasteiger partial charge in [0.1, 0.15) is 0 Å². The first-order valence-corrected chi connectivity index (χ1v) is 8.29. The van der Waals surface area contributed by atoms with Gasteiger partial charge in [-0.15, -0.1) is 0 Å². The van der Waals surface area contributed by atoms with E-state index in [1.165, 1.54) is 44.9 Å². The molecular formula is C16H23N3O. The maximum absolute atomic E-state index is 6.33. The van der Waals surface area contributed by atoms with Gasteiger partial charge >= 0.3 is 0 Å². The summed E-state index contributed by atoms with van der Waals surface area (Å²) in [7, 11) is 0. The smallest absolute Gasteiger partial charge is 0.246 e. The quantitative estimate of drug-likeness (QED) is 0.900. The molecule has 0 atom stereocenters. The van der Waals surface area contributed by atoms with E-state index >= 15 is 0 Å². The molecule has 1 aromatic rings. The Labute approximate surface area is 119 Å². The largest absolute Gasteiger partial charge is 0.337 e. The van der Waals surface area contributed by atoms with Crippen molar-refractivity contribution in [3.05, 3.63) is 11.7 Å². The minimum Gasteiger partial charge on any atom is -0.337 e. The molecule has 0 aromatic carbocycles. The highest BCUT2D eigenvalue weighted by Gasteiger charge is 2.54. The molecule has 20 heavy (non-hydrogen) atoms. The normalized spacial score (nSPS) is 44.5. The first kappa shape index (κ1) is 11.7. The van der Waals surface area contributed by atoms with Gasteiger partial charge in [-0.25, -0.2) is 0 Å². The number of aromatic nitrogens is 2. The fourth-order valence-corrected chi connectivity index (χ4v) is 5.80. The zero-order valence-corrected chi connectivity index (χ0v) is 12.0. The van der Waals surface area contributed by atoms with E-state index in [1.807, 2.05) is 0 Å². The Hall–Kier alpha value is -0.900. The van der Waals surface area contributed by atoms with Crippen LogP contribution in [0.3, 0.4) is 0 Å². The van der Waals surface area contributed by atoms with Crippen molar-refractivity contribution >= 4 is 0 Å². The Balaban J connectivity index is 1.50. The zero-order chi connectivity index (χ0) is 13.4. The minimum atomic E-state index is -0.312. The van der Waals surface area contributed by atoms with Gasteiger partial charge < -0.3 is 10.3 Å². The average molecular weight is 273 g/mol. The lowest BCUT2D eigenvalue weighted by Crippen LogP contribution is -2.49. The van der Waals surface area contributed by atoms with Crippen molar-refractivity contribution in [1.29, 1.82) is 0 Å². The SMILES string of the molecule is NC1(c2nc(C34CC5CC(CC(C5)C3)C4)no2)CCC1. The first-order valence-electron chi connectivity index (χ1n) is 8.29.